The lowest BCUT2D eigenvalue weighted by molar-refractivity contribution is 0.0904. The Kier molecular flexibility index (Phi) is 2.61. The van der Waals surface area contributed by atoms with Gasteiger partial charge in [0.2, 0.25) is 0 Å². The van der Waals surface area contributed by atoms with E-state index in [-0.39, 0.29) is 17.8 Å². The molecule has 0 aromatic carbocycles. The third-order valence-electron chi connectivity index (χ3n) is 2.51. The van der Waals surface area contributed by atoms with Crippen molar-refractivity contribution in [1.82, 2.24) is 15.3 Å². The quantitative estimate of drug-likeness (QED) is 0.477. The van der Waals surface area contributed by atoms with E-state index in [4.69, 9.17) is 5.73 Å². The molecule has 86 valence electrons. The average Bonchev–Trinajstić information content (AvgIpc) is 2.13. The molecule has 5 N–H and O–H groups in total. The smallest absolute Gasteiger partial charge is 0.326 e. The highest BCUT2D eigenvalue weighted by Crippen LogP contribution is 2.17. The lowest BCUT2D eigenvalue weighted by atomic mass is 9.87. The number of hydrogen-bond acceptors (Lipinski definition) is 4. The molecule has 0 spiro atoms. The van der Waals surface area contributed by atoms with Crippen LogP contribution in [0.25, 0.3) is 0 Å². The lowest BCUT2D eigenvalue weighted by Crippen LogP contribution is -2.50. The van der Waals surface area contributed by atoms with Gasteiger partial charge in [-0.25, -0.2) is 4.79 Å². The van der Waals surface area contributed by atoms with Crippen molar-refractivity contribution in [2.24, 2.45) is 5.73 Å². The van der Waals surface area contributed by atoms with E-state index in [0.29, 0.717) is 0 Å². The van der Waals surface area contributed by atoms with Crippen LogP contribution in [0.5, 0.6) is 0 Å². The molecule has 0 aliphatic heterocycles. The molecule has 0 atom stereocenters. The summed E-state index contributed by atoms with van der Waals surface area (Å²) >= 11 is 0. The predicted molar refractivity (Wildman–Crippen MR) is 56.1 cm³/mol. The molecule has 0 saturated heterocycles. The number of carbonyl (C=O) groups is 1. The maximum absolute atomic E-state index is 11.6. The van der Waals surface area contributed by atoms with Gasteiger partial charge in [0.1, 0.15) is 5.69 Å². The molecule has 1 fully saturated rings. The first-order valence-electron chi connectivity index (χ1n) is 4.94. The predicted octanol–water partition coefficient (Wildman–Crippen LogP) is -1.72. The topological polar surface area (TPSA) is 121 Å². The van der Waals surface area contributed by atoms with Crippen LogP contribution >= 0.6 is 0 Å². The Morgan fingerprint density at radius 3 is 2.62 bits per heavy atom. The van der Waals surface area contributed by atoms with Gasteiger partial charge in [0.15, 0.2) is 0 Å². The molecule has 1 aliphatic rings. The standard InChI is InChI=1S/C9H12N4O3/c10-4-1-5(2-4)11-8(15)6-3-7(14)13-9(16)12-6/h3-5H,1-2,10H2,(H,11,15)(H2,12,13,14,16). The maximum Gasteiger partial charge on any atom is 0.326 e. The number of nitrogens with one attached hydrogen (secondary N) is 3. The fourth-order valence-corrected chi connectivity index (χ4v) is 1.63. The monoisotopic (exact) mass is 224 g/mol. The van der Waals surface area contributed by atoms with E-state index < -0.39 is 17.2 Å². The molecule has 7 heteroatoms. The molecule has 0 radical (unpaired) electrons. The minimum atomic E-state index is -0.692. The largest absolute Gasteiger partial charge is 0.348 e. The van der Waals surface area contributed by atoms with Crippen LogP contribution in [0.4, 0.5) is 0 Å². The SMILES string of the molecule is NC1CC(NC(=O)c2cc(=O)[nH]c(=O)[nH]2)C1. The Hall–Kier alpha value is -1.89. The van der Waals surface area contributed by atoms with Crippen LogP contribution in [-0.2, 0) is 0 Å². The first kappa shape index (κ1) is 10.6. The Bertz CT molecular complexity index is 484. The van der Waals surface area contributed by atoms with E-state index in [0.717, 1.165) is 18.9 Å². The second kappa shape index (κ2) is 3.93. The van der Waals surface area contributed by atoms with Crippen molar-refractivity contribution in [3.63, 3.8) is 0 Å². The number of hydrogen-bond donors (Lipinski definition) is 4. The zero-order valence-electron chi connectivity index (χ0n) is 8.45. The Morgan fingerprint density at radius 2 is 2.06 bits per heavy atom. The van der Waals surface area contributed by atoms with Crippen LogP contribution in [-0.4, -0.2) is 28.0 Å². The van der Waals surface area contributed by atoms with Gasteiger partial charge in [0.25, 0.3) is 11.5 Å². The minimum Gasteiger partial charge on any atom is -0.348 e. The van der Waals surface area contributed by atoms with Crippen molar-refractivity contribution >= 4 is 5.91 Å². The van der Waals surface area contributed by atoms with Gasteiger partial charge in [-0.1, -0.05) is 0 Å². The number of rotatable bonds is 2. The van der Waals surface area contributed by atoms with Gasteiger partial charge in [-0.2, -0.15) is 0 Å². The first-order chi connectivity index (χ1) is 7.54. The molecule has 7 nitrogen and oxygen atoms in total. The van der Waals surface area contributed by atoms with Crippen LogP contribution in [0, 0.1) is 0 Å². The van der Waals surface area contributed by atoms with E-state index >= 15 is 0 Å². The number of nitrogens with two attached hydrogens (primary N) is 1. The highest BCUT2D eigenvalue weighted by molar-refractivity contribution is 5.92. The summed E-state index contributed by atoms with van der Waals surface area (Å²) < 4.78 is 0. The third-order valence-corrected chi connectivity index (χ3v) is 2.51. The average molecular weight is 224 g/mol. The summed E-state index contributed by atoms with van der Waals surface area (Å²) in [6.45, 7) is 0. The normalized spacial score (nSPS) is 23.6. The molecule has 1 amide bonds. The molecule has 2 rings (SSSR count). The van der Waals surface area contributed by atoms with E-state index in [2.05, 4.69) is 10.3 Å². The molecule has 0 unspecified atom stereocenters. The van der Waals surface area contributed by atoms with E-state index in [1.165, 1.54) is 0 Å². The Balaban J connectivity index is 2.09. The summed E-state index contributed by atoms with van der Waals surface area (Å²) in [7, 11) is 0. The molecule has 1 aliphatic carbocycles. The van der Waals surface area contributed by atoms with Crippen molar-refractivity contribution in [1.29, 1.82) is 0 Å². The summed E-state index contributed by atoms with van der Waals surface area (Å²) in [6, 6.07) is 1.21. The maximum atomic E-state index is 11.6. The molecule has 1 saturated carbocycles. The summed E-state index contributed by atoms with van der Waals surface area (Å²) in [5.41, 5.74) is 4.24. The fraction of sp³-hybridized carbons (Fsp3) is 0.444. The molecule has 1 aromatic heterocycles. The molecule has 16 heavy (non-hydrogen) atoms. The summed E-state index contributed by atoms with van der Waals surface area (Å²) in [5, 5.41) is 2.68. The molecule has 1 heterocycles. The van der Waals surface area contributed by atoms with Crippen molar-refractivity contribution in [3.8, 4) is 0 Å². The van der Waals surface area contributed by atoms with E-state index in [9.17, 15) is 14.4 Å². The zero-order chi connectivity index (χ0) is 11.7. The number of aromatic nitrogens is 2. The Labute approximate surface area is 90.1 Å². The van der Waals surface area contributed by atoms with Crippen LogP contribution < -0.4 is 22.3 Å². The van der Waals surface area contributed by atoms with Gasteiger partial charge in [0.05, 0.1) is 0 Å². The van der Waals surface area contributed by atoms with Crippen LogP contribution in [0.3, 0.4) is 0 Å². The van der Waals surface area contributed by atoms with Crippen LogP contribution in [0.1, 0.15) is 23.3 Å². The van der Waals surface area contributed by atoms with Crippen molar-refractivity contribution < 1.29 is 4.79 Å². The second-order valence-electron chi connectivity index (χ2n) is 3.90. The highest BCUT2D eigenvalue weighted by atomic mass is 16.2. The second-order valence-corrected chi connectivity index (χ2v) is 3.90. The van der Waals surface area contributed by atoms with E-state index in [1.807, 2.05) is 4.98 Å². The summed E-state index contributed by atoms with van der Waals surface area (Å²) in [5.74, 6) is -0.458. The first-order valence-corrected chi connectivity index (χ1v) is 4.94. The molecule has 0 bridgehead atoms. The summed E-state index contributed by atoms with van der Waals surface area (Å²) in [6.07, 6.45) is 1.44. The molecule has 1 aromatic rings. The minimum absolute atomic E-state index is 0.0327. The van der Waals surface area contributed by atoms with Gasteiger partial charge in [0, 0.05) is 18.2 Å². The molecular formula is C9H12N4O3. The number of amides is 1. The Morgan fingerprint density at radius 1 is 1.38 bits per heavy atom. The van der Waals surface area contributed by atoms with Crippen LogP contribution in [0.15, 0.2) is 15.7 Å². The van der Waals surface area contributed by atoms with Crippen molar-refractivity contribution in [2.45, 2.75) is 24.9 Å². The van der Waals surface area contributed by atoms with Gasteiger partial charge in [-0.05, 0) is 12.8 Å². The van der Waals surface area contributed by atoms with Gasteiger partial charge in [-0.15, -0.1) is 0 Å². The van der Waals surface area contributed by atoms with Crippen molar-refractivity contribution in [3.05, 3.63) is 32.6 Å². The third kappa shape index (κ3) is 2.19. The number of carbonyl (C=O) groups excluding carboxylic acids is 1. The molecular weight excluding hydrogens is 212 g/mol. The lowest BCUT2D eigenvalue weighted by Gasteiger charge is -2.32. The fourth-order valence-electron chi connectivity index (χ4n) is 1.63. The highest BCUT2D eigenvalue weighted by Gasteiger charge is 2.27. The van der Waals surface area contributed by atoms with Gasteiger partial charge >= 0.3 is 5.69 Å². The van der Waals surface area contributed by atoms with Crippen LogP contribution in [0.2, 0.25) is 0 Å². The van der Waals surface area contributed by atoms with Gasteiger partial charge in [-0.3, -0.25) is 14.6 Å². The number of H-pyrrole nitrogens is 2. The van der Waals surface area contributed by atoms with Crippen molar-refractivity contribution in [2.75, 3.05) is 0 Å². The van der Waals surface area contributed by atoms with Gasteiger partial charge < -0.3 is 16.0 Å². The zero-order valence-corrected chi connectivity index (χ0v) is 8.45. The number of aromatic amines is 2. The van der Waals surface area contributed by atoms with E-state index in [1.54, 1.807) is 0 Å². The summed E-state index contributed by atoms with van der Waals surface area (Å²) in [4.78, 5) is 37.7.